The topological polar surface area (TPSA) is 58.6 Å². The van der Waals surface area contributed by atoms with Crippen molar-refractivity contribution in [3.05, 3.63) is 0 Å². The Morgan fingerprint density at radius 2 is 2.06 bits per heavy atom. The Kier molecular flexibility index (Phi) is 4.30. The molecule has 0 radical (unpaired) electrons. The molecule has 1 aliphatic heterocycles. The van der Waals surface area contributed by atoms with Crippen molar-refractivity contribution < 1.29 is 14.3 Å². The second kappa shape index (κ2) is 5.16. The highest BCUT2D eigenvalue weighted by Gasteiger charge is 2.47. The minimum absolute atomic E-state index is 0.0655. The summed E-state index contributed by atoms with van der Waals surface area (Å²) in [5, 5.41) is 2.83. The summed E-state index contributed by atoms with van der Waals surface area (Å²) in [7, 11) is 1.33. The SMILES string of the molecule is COC(=O)N1C(C(=O)NC(C)C)CSC1(C)C. The zero-order valence-electron chi connectivity index (χ0n) is 10.9. The summed E-state index contributed by atoms with van der Waals surface area (Å²) < 4.78 is 4.75. The molecule has 1 atom stereocenters. The van der Waals surface area contributed by atoms with Gasteiger partial charge in [0.25, 0.3) is 0 Å². The van der Waals surface area contributed by atoms with Crippen LogP contribution in [0.15, 0.2) is 0 Å². The number of hydrogen-bond acceptors (Lipinski definition) is 4. The molecule has 1 rings (SSSR count). The Morgan fingerprint density at radius 1 is 1.47 bits per heavy atom. The number of nitrogens with one attached hydrogen (secondary N) is 1. The zero-order chi connectivity index (χ0) is 13.2. The second-order valence-corrected chi connectivity index (χ2v) is 6.40. The predicted molar refractivity (Wildman–Crippen MR) is 67.8 cm³/mol. The summed E-state index contributed by atoms with van der Waals surface area (Å²) in [5.74, 6) is 0.476. The number of carbonyl (C=O) groups is 2. The molecule has 0 bridgehead atoms. The maximum absolute atomic E-state index is 12.0. The van der Waals surface area contributed by atoms with Crippen LogP contribution in [0.2, 0.25) is 0 Å². The fourth-order valence-electron chi connectivity index (χ4n) is 1.82. The third-order valence-corrected chi connectivity index (χ3v) is 3.98. The number of nitrogens with zero attached hydrogens (tertiary/aromatic N) is 1. The van der Waals surface area contributed by atoms with E-state index in [2.05, 4.69) is 5.32 Å². The van der Waals surface area contributed by atoms with Crippen LogP contribution in [0.4, 0.5) is 4.79 Å². The van der Waals surface area contributed by atoms with Gasteiger partial charge in [-0.3, -0.25) is 9.69 Å². The van der Waals surface area contributed by atoms with E-state index in [0.717, 1.165) is 0 Å². The van der Waals surface area contributed by atoms with Gasteiger partial charge >= 0.3 is 6.09 Å². The Balaban J connectivity index is 2.85. The van der Waals surface area contributed by atoms with Gasteiger partial charge in [-0.05, 0) is 27.7 Å². The fourth-order valence-corrected chi connectivity index (χ4v) is 3.03. The van der Waals surface area contributed by atoms with E-state index < -0.39 is 17.0 Å². The molecule has 6 heteroatoms. The Bertz CT molecular complexity index is 318. The average molecular weight is 260 g/mol. The van der Waals surface area contributed by atoms with Crippen LogP contribution in [0.3, 0.4) is 0 Å². The highest BCUT2D eigenvalue weighted by Crippen LogP contribution is 2.39. The normalized spacial score (nSPS) is 22.7. The van der Waals surface area contributed by atoms with Gasteiger partial charge in [0.2, 0.25) is 5.91 Å². The van der Waals surface area contributed by atoms with Crippen molar-refractivity contribution in [2.45, 2.75) is 44.6 Å². The molecule has 0 saturated carbocycles. The summed E-state index contributed by atoms with van der Waals surface area (Å²) >= 11 is 1.58. The van der Waals surface area contributed by atoms with Crippen LogP contribution < -0.4 is 5.32 Å². The van der Waals surface area contributed by atoms with Crippen molar-refractivity contribution >= 4 is 23.8 Å². The number of thioether (sulfide) groups is 1. The van der Waals surface area contributed by atoms with Crippen LogP contribution >= 0.6 is 11.8 Å². The van der Waals surface area contributed by atoms with Crippen LogP contribution in [-0.2, 0) is 9.53 Å². The first-order valence-electron chi connectivity index (χ1n) is 5.61. The number of methoxy groups -OCH3 is 1. The predicted octanol–water partition coefficient (Wildman–Crippen LogP) is 1.43. The Morgan fingerprint density at radius 3 is 2.53 bits per heavy atom. The third-order valence-electron chi connectivity index (χ3n) is 2.59. The van der Waals surface area contributed by atoms with Crippen molar-refractivity contribution in [3.8, 4) is 0 Å². The highest BCUT2D eigenvalue weighted by atomic mass is 32.2. The first kappa shape index (κ1) is 14.2. The molecule has 1 unspecified atom stereocenters. The van der Waals surface area contributed by atoms with Crippen LogP contribution in [0.25, 0.3) is 0 Å². The largest absolute Gasteiger partial charge is 0.453 e. The molecule has 17 heavy (non-hydrogen) atoms. The molecule has 0 aromatic heterocycles. The quantitative estimate of drug-likeness (QED) is 0.816. The number of ether oxygens (including phenoxy) is 1. The van der Waals surface area contributed by atoms with Gasteiger partial charge in [0.1, 0.15) is 6.04 Å². The molecule has 1 fully saturated rings. The first-order chi connectivity index (χ1) is 7.79. The van der Waals surface area contributed by atoms with Gasteiger partial charge in [-0.15, -0.1) is 11.8 Å². The van der Waals surface area contributed by atoms with E-state index in [9.17, 15) is 9.59 Å². The molecule has 0 aliphatic carbocycles. The average Bonchev–Trinajstić information content (AvgIpc) is 2.52. The Hall–Kier alpha value is -0.910. The lowest BCUT2D eigenvalue weighted by Gasteiger charge is -2.32. The van der Waals surface area contributed by atoms with Crippen molar-refractivity contribution in [1.82, 2.24) is 10.2 Å². The van der Waals surface area contributed by atoms with Crippen molar-refractivity contribution in [1.29, 1.82) is 0 Å². The van der Waals surface area contributed by atoms with E-state index in [1.54, 1.807) is 11.8 Å². The monoisotopic (exact) mass is 260 g/mol. The number of hydrogen-bond donors (Lipinski definition) is 1. The van der Waals surface area contributed by atoms with Gasteiger partial charge < -0.3 is 10.1 Å². The second-order valence-electron chi connectivity index (χ2n) is 4.78. The maximum atomic E-state index is 12.0. The van der Waals surface area contributed by atoms with Gasteiger partial charge in [0, 0.05) is 11.8 Å². The summed E-state index contributed by atoms with van der Waals surface area (Å²) in [6.07, 6.45) is -0.455. The molecule has 2 amide bonds. The minimum Gasteiger partial charge on any atom is -0.453 e. The Labute approximate surface area is 106 Å². The number of carbonyl (C=O) groups excluding carboxylic acids is 2. The lowest BCUT2D eigenvalue weighted by molar-refractivity contribution is -0.126. The summed E-state index contributed by atoms with van der Waals surface area (Å²) in [5.41, 5.74) is 0. The van der Waals surface area contributed by atoms with Crippen molar-refractivity contribution in [3.63, 3.8) is 0 Å². The van der Waals surface area contributed by atoms with E-state index in [1.807, 2.05) is 27.7 Å². The third kappa shape index (κ3) is 3.06. The summed E-state index contributed by atoms with van der Waals surface area (Å²) in [6, 6.07) is -0.388. The van der Waals surface area contributed by atoms with E-state index in [4.69, 9.17) is 4.74 Å². The molecule has 0 aromatic rings. The van der Waals surface area contributed by atoms with Gasteiger partial charge in [0.05, 0.1) is 12.0 Å². The summed E-state index contributed by atoms with van der Waals surface area (Å²) in [4.78, 5) is 24.8. The molecule has 1 N–H and O–H groups in total. The standard InChI is InChI=1S/C11H20N2O3S/c1-7(2)12-9(14)8-6-17-11(3,4)13(8)10(15)16-5/h7-8H,6H2,1-5H3,(H,12,14). The molecule has 0 spiro atoms. The number of rotatable bonds is 2. The molecule has 0 aromatic carbocycles. The zero-order valence-corrected chi connectivity index (χ0v) is 11.8. The molecular formula is C11H20N2O3S. The lowest BCUT2D eigenvalue weighted by Crippen LogP contribution is -2.53. The fraction of sp³-hybridized carbons (Fsp3) is 0.818. The maximum Gasteiger partial charge on any atom is 0.411 e. The molecular weight excluding hydrogens is 240 g/mol. The van der Waals surface area contributed by atoms with Crippen LogP contribution in [0.5, 0.6) is 0 Å². The van der Waals surface area contributed by atoms with E-state index in [1.165, 1.54) is 12.0 Å². The molecule has 1 saturated heterocycles. The van der Waals surface area contributed by atoms with Gasteiger partial charge in [-0.2, -0.15) is 0 Å². The molecule has 1 heterocycles. The molecule has 1 aliphatic rings. The highest BCUT2D eigenvalue weighted by molar-refractivity contribution is 8.00. The van der Waals surface area contributed by atoms with E-state index in [0.29, 0.717) is 5.75 Å². The van der Waals surface area contributed by atoms with Gasteiger partial charge in [-0.25, -0.2) is 4.79 Å². The van der Waals surface area contributed by atoms with Crippen LogP contribution in [0.1, 0.15) is 27.7 Å². The van der Waals surface area contributed by atoms with Crippen LogP contribution in [-0.4, -0.2) is 46.7 Å². The molecule has 5 nitrogen and oxygen atoms in total. The smallest absolute Gasteiger partial charge is 0.411 e. The number of amides is 2. The van der Waals surface area contributed by atoms with Crippen molar-refractivity contribution in [2.75, 3.05) is 12.9 Å². The van der Waals surface area contributed by atoms with E-state index in [-0.39, 0.29) is 11.9 Å². The minimum atomic E-state index is -0.455. The van der Waals surface area contributed by atoms with E-state index >= 15 is 0 Å². The van der Waals surface area contributed by atoms with Crippen molar-refractivity contribution in [2.24, 2.45) is 0 Å². The van der Waals surface area contributed by atoms with Crippen LogP contribution in [0, 0.1) is 0 Å². The first-order valence-corrected chi connectivity index (χ1v) is 6.59. The van der Waals surface area contributed by atoms with Gasteiger partial charge in [0.15, 0.2) is 0 Å². The van der Waals surface area contributed by atoms with Gasteiger partial charge in [-0.1, -0.05) is 0 Å². The lowest BCUT2D eigenvalue weighted by atomic mass is 10.2. The molecule has 98 valence electrons. The summed E-state index contributed by atoms with van der Waals surface area (Å²) in [6.45, 7) is 7.62.